The molecule has 27 heavy (non-hydrogen) atoms. The monoisotopic (exact) mass is 409 g/mol. The quantitative estimate of drug-likeness (QED) is 0.233. The molecule has 0 atom stereocenters. The lowest BCUT2D eigenvalue weighted by Gasteiger charge is -2.04. The predicted molar refractivity (Wildman–Crippen MR) is 122 cm³/mol. The first-order valence-electron chi connectivity index (χ1n) is 8.60. The summed E-state index contributed by atoms with van der Waals surface area (Å²) in [5.74, 6) is 0.849. The molecule has 0 heterocycles. The fraction of sp³-hybridized carbons (Fsp3) is 0.0870. The zero-order chi connectivity index (χ0) is 18.9. The Hall–Kier alpha value is -1.94. The van der Waals surface area contributed by atoms with Crippen molar-refractivity contribution in [2.24, 2.45) is 4.99 Å². The van der Waals surface area contributed by atoms with Crippen molar-refractivity contribution in [1.82, 2.24) is 0 Å². The largest absolute Gasteiger partial charge is 0.242 e. The first-order chi connectivity index (χ1) is 13.2. The number of benzene rings is 3. The van der Waals surface area contributed by atoms with Gasteiger partial charge in [-0.25, -0.2) is 4.99 Å². The summed E-state index contributed by atoms with van der Waals surface area (Å²) in [6.45, 7) is 2.08. The van der Waals surface area contributed by atoms with Crippen LogP contribution in [0, 0.1) is 6.92 Å². The molecule has 1 nitrogen and oxygen atoms in total. The molecule has 4 heteroatoms. The Kier molecular flexibility index (Phi) is 7.64. The second kappa shape index (κ2) is 10.4. The van der Waals surface area contributed by atoms with E-state index in [1.807, 2.05) is 30.3 Å². The standard InChI is InChI=1S/C23H20ClNS2/c1-18-7-13-21(14-8-18)25-23(15-16-26-22-5-3-2-4-6-22)27-17-19-9-11-20(24)12-10-19/h2-16H,17H2,1H3. The Bertz CT molecular complexity index is 901. The number of hydrogen-bond donors (Lipinski definition) is 0. The number of aryl methyl sites for hydroxylation is 1. The molecule has 0 spiro atoms. The highest BCUT2D eigenvalue weighted by atomic mass is 35.5. The molecule has 0 bridgehead atoms. The molecular formula is C23H20ClNS2. The molecule has 3 aromatic carbocycles. The molecule has 0 unspecified atom stereocenters. The molecule has 0 aromatic heterocycles. The van der Waals surface area contributed by atoms with Crippen LogP contribution < -0.4 is 0 Å². The summed E-state index contributed by atoms with van der Waals surface area (Å²) in [6, 6.07) is 26.6. The van der Waals surface area contributed by atoms with E-state index >= 15 is 0 Å². The van der Waals surface area contributed by atoms with Gasteiger partial charge in [0.25, 0.3) is 0 Å². The Morgan fingerprint density at radius 1 is 0.926 bits per heavy atom. The van der Waals surface area contributed by atoms with E-state index in [4.69, 9.17) is 16.6 Å². The van der Waals surface area contributed by atoms with E-state index in [1.54, 1.807) is 23.5 Å². The number of halogens is 1. The van der Waals surface area contributed by atoms with Crippen LogP contribution in [-0.4, -0.2) is 5.04 Å². The maximum atomic E-state index is 5.98. The third-order valence-corrected chi connectivity index (χ3v) is 5.80. The zero-order valence-corrected chi connectivity index (χ0v) is 17.4. The summed E-state index contributed by atoms with van der Waals surface area (Å²) in [5.41, 5.74) is 3.43. The fourth-order valence-electron chi connectivity index (χ4n) is 2.27. The summed E-state index contributed by atoms with van der Waals surface area (Å²) in [6.07, 6.45) is 2.08. The Balaban J connectivity index is 1.73. The van der Waals surface area contributed by atoms with Crippen LogP contribution in [0.4, 0.5) is 5.69 Å². The van der Waals surface area contributed by atoms with Gasteiger partial charge < -0.3 is 0 Å². The first-order valence-corrected chi connectivity index (χ1v) is 10.8. The fourth-order valence-corrected chi connectivity index (χ4v) is 3.99. The average molecular weight is 410 g/mol. The van der Waals surface area contributed by atoms with Crippen molar-refractivity contribution < 1.29 is 0 Å². The van der Waals surface area contributed by atoms with Crippen molar-refractivity contribution in [3.63, 3.8) is 0 Å². The van der Waals surface area contributed by atoms with E-state index in [2.05, 4.69) is 66.9 Å². The molecule has 0 saturated carbocycles. The predicted octanol–water partition coefficient (Wildman–Crippen LogP) is 7.92. The summed E-state index contributed by atoms with van der Waals surface area (Å²) in [5, 5.41) is 3.84. The van der Waals surface area contributed by atoms with E-state index in [-0.39, 0.29) is 0 Å². The average Bonchev–Trinajstić information content (AvgIpc) is 2.70. The van der Waals surface area contributed by atoms with E-state index in [0.29, 0.717) is 0 Å². The number of nitrogens with zero attached hydrogens (tertiary/aromatic N) is 1. The van der Waals surface area contributed by atoms with E-state index in [0.717, 1.165) is 21.5 Å². The third kappa shape index (κ3) is 6.94. The smallest absolute Gasteiger partial charge is 0.0975 e. The van der Waals surface area contributed by atoms with Crippen LogP contribution in [0.3, 0.4) is 0 Å². The molecule has 0 saturated heterocycles. The Morgan fingerprint density at radius 2 is 1.63 bits per heavy atom. The van der Waals surface area contributed by atoms with Crippen molar-refractivity contribution in [2.45, 2.75) is 17.6 Å². The lowest BCUT2D eigenvalue weighted by Crippen LogP contribution is -1.89. The van der Waals surface area contributed by atoms with Crippen molar-refractivity contribution >= 4 is 45.9 Å². The van der Waals surface area contributed by atoms with Gasteiger partial charge in [-0.2, -0.15) is 0 Å². The molecule has 0 aliphatic rings. The lowest BCUT2D eigenvalue weighted by molar-refractivity contribution is 1.42. The number of aliphatic imine (C=N–C) groups is 1. The third-order valence-electron chi connectivity index (χ3n) is 3.73. The van der Waals surface area contributed by atoms with Gasteiger partial charge in [0.15, 0.2) is 0 Å². The lowest BCUT2D eigenvalue weighted by atomic mass is 10.2. The zero-order valence-electron chi connectivity index (χ0n) is 15.0. The van der Waals surface area contributed by atoms with Crippen molar-refractivity contribution in [3.8, 4) is 0 Å². The summed E-state index contributed by atoms with van der Waals surface area (Å²) in [7, 11) is 0. The van der Waals surface area contributed by atoms with Gasteiger partial charge in [0.2, 0.25) is 0 Å². The molecule has 0 aliphatic heterocycles. The molecule has 3 aromatic rings. The number of thioether (sulfide) groups is 2. The topological polar surface area (TPSA) is 12.4 Å². The van der Waals surface area contributed by atoms with Gasteiger partial charge in [-0.05, 0) is 60.4 Å². The van der Waals surface area contributed by atoms with Crippen LogP contribution in [0.1, 0.15) is 11.1 Å². The summed E-state index contributed by atoms with van der Waals surface area (Å²) >= 11 is 9.39. The molecule has 3 rings (SSSR count). The van der Waals surface area contributed by atoms with E-state index in [1.165, 1.54) is 16.0 Å². The van der Waals surface area contributed by atoms with Crippen LogP contribution in [0.2, 0.25) is 5.02 Å². The maximum Gasteiger partial charge on any atom is 0.0975 e. The van der Waals surface area contributed by atoms with Crippen LogP contribution in [0.25, 0.3) is 0 Å². The van der Waals surface area contributed by atoms with Gasteiger partial charge in [0.1, 0.15) is 0 Å². The van der Waals surface area contributed by atoms with Crippen LogP contribution in [0.5, 0.6) is 0 Å². The normalized spacial score (nSPS) is 11.9. The summed E-state index contributed by atoms with van der Waals surface area (Å²) < 4.78 is 0. The molecule has 136 valence electrons. The van der Waals surface area contributed by atoms with E-state index in [9.17, 15) is 0 Å². The van der Waals surface area contributed by atoms with Gasteiger partial charge in [-0.15, -0.1) is 11.8 Å². The number of rotatable bonds is 6. The second-order valence-electron chi connectivity index (χ2n) is 5.93. The second-order valence-corrected chi connectivity index (χ2v) is 8.35. The first kappa shape index (κ1) is 19.8. The van der Waals surface area contributed by atoms with Gasteiger partial charge in [-0.1, -0.05) is 71.4 Å². The van der Waals surface area contributed by atoms with Gasteiger partial charge >= 0.3 is 0 Å². The van der Waals surface area contributed by atoms with Crippen LogP contribution >= 0.6 is 35.1 Å². The SMILES string of the molecule is Cc1ccc(N=C(C=CSc2ccccc2)SCc2ccc(Cl)cc2)cc1. The van der Waals surface area contributed by atoms with Crippen LogP contribution in [0.15, 0.2) is 100 Å². The number of hydrogen-bond acceptors (Lipinski definition) is 3. The van der Waals surface area contributed by atoms with Gasteiger partial charge in [0, 0.05) is 15.7 Å². The van der Waals surface area contributed by atoms with Crippen molar-refractivity contribution in [3.05, 3.63) is 106 Å². The van der Waals surface area contributed by atoms with Crippen molar-refractivity contribution in [1.29, 1.82) is 0 Å². The van der Waals surface area contributed by atoms with Gasteiger partial charge in [0.05, 0.1) is 10.7 Å². The highest BCUT2D eigenvalue weighted by Gasteiger charge is 2.01. The molecule has 0 fully saturated rings. The summed E-state index contributed by atoms with van der Waals surface area (Å²) in [4.78, 5) is 6.03. The highest BCUT2D eigenvalue weighted by molar-refractivity contribution is 8.13. The Morgan fingerprint density at radius 3 is 2.33 bits per heavy atom. The highest BCUT2D eigenvalue weighted by Crippen LogP contribution is 2.23. The Labute approximate surface area is 174 Å². The van der Waals surface area contributed by atoms with E-state index < -0.39 is 0 Å². The van der Waals surface area contributed by atoms with Crippen molar-refractivity contribution in [2.75, 3.05) is 0 Å². The van der Waals surface area contributed by atoms with Crippen LogP contribution in [-0.2, 0) is 5.75 Å². The minimum Gasteiger partial charge on any atom is -0.242 e. The molecule has 0 N–H and O–H groups in total. The molecule has 0 amide bonds. The minimum atomic E-state index is 0.761. The molecule has 0 aliphatic carbocycles. The van der Waals surface area contributed by atoms with Gasteiger partial charge in [-0.3, -0.25) is 0 Å². The molecule has 0 radical (unpaired) electrons. The minimum absolute atomic E-state index is 0.761. The molecular weight excluding hydrogens is 390 g/mol. The maximum absolute atomic E-state index is 5.98.